The van der Waals surface area contributed by atoms with Crippen LogP contribution in [-0.4, -0.2) is 25.4 Å². The van der Waals surface area contributed by atoms with Crippen LogP contribution in [0.2, 0.25) is 0 Å². The van der Waals surface area contributed by atoms with Crippen LogP contribution in [0.1, 0.15) is 18.4 Å². The Labute approximate surface area is 107 Å². The molecule has 18 heavy (non-hydrogen) atoms. The van der Waals surface area contributed by atoms with E-state index in [1.165, 1.54) is 0 Å². The molecule has 0 spiro atoms. The minimum absolute atomic E-state index is 0.0394. The summed E-state index contributed by atoms with van der Waals surface area (Å²) in [7, 11) is 1.79. The maximum atomic E-state index is 12.3. The molecule has 2 amide bonds. The lowest BCUT2D eigenvalue weighted by atomic mass is 9.97. The molecule has 0 aromatic heterocycles. The van der Waals surface area contributed by atoms with Gasteiger partial charge in [-0.1, -0.05) is 18.2 Å². The molecular formula is C14H18N2O2. The number of aryl methyl sites for hydroxylation is 1. The van der Waals surface area contributed by atoms with Gasteiger partial charge in [-0.15, -0.1) is 0 Å². The summed E-state index contributed by atoms with van der Waals surface area (Å²) in [6.07, 6.45) is 1.08. The molecule has 1 aliphatic heterocycles. The molecule has 1 heterocycles. The number of hydrogen-bond acceptors (Lipinski definition) is 2. The molecule has 1 atom stereocenters. The van der Waals surface area contributed by atoms with E-state index in [-0.39, 0.29) is 17.7 Å². The summed E-state index contributed by atoms with van der Waals surface area (Å²) in [6, 6.07) is 7.81. The van der Waals surface area contributed by atoms with E-state index in [4.69, 9.17) is 0 Å². The van der Waals surface area contributed by atoms with E-state index < -0.39 is 0 Å². The highest BCUT2D eigenvalue weighted by Crippen LogP contribution is 2.22. The van der Waals surface area contributed by atoms with Crippen molar-refractivity contribution in [2.45, 2.75) is 19.8 Å². The average Bonchev–Trinajstić information content (AvgIpc) is 2.38. The average molecular weight is 246 g/mol. The maximum absolute atomic E-state index is 12.3. The molecule has 96 valence electrons. The van der Waals surface area contributed by atoms with E-state index in [1.54, 1.807) is 11.9 Å². The Bertz CT molecular complexity index is 461. The lowest BCUT2D eigenvalue weighted by Gasteiger charge is -2.27. The third-order valence-electron chi connectivity index (χ3n) is 3.42. The zero-order valence-corrected chi connectivity index (χ0v) is 10.8. The Morgan fingerprint density at radius 1 is 1.39 bits per heavy atom. The highest BCUT2D eigenvalue weighted by atomic mass is 16.2. The molecular weight excluding hydrogens is 228 g/mol. The summed E-state index contributed by atoms with van der Waals surface area (Å²) in [4.78, 5) is 25.1. The Kier molecular flexibility index (Phi) is 3.65. The lowest BCUT2D eigenvalue weighted by Crippen LogP contribution is -2.43. The minimum atomic E-state index is -0.104. The highest BCUT2D eigenvalue weighted by Gasteiger charge is 2.27. The number of rotatable bonds is 2. The van der Waals surface area contributed by atoms with Crippen molar-refractivity contribution in [1.82, 2.24) is 5.32 Å². The van der Waals surface area contributed by atoms with Crippen LogP contribution in [0.4, 0.5) is 5.69 Å². The number of nitrogens with zero attached hydrogens (tertiary/aromatic N) is 1. The van der Waals surface area contributed by atoms with E-state index in [0.717, 1.165) is 11.3 Å². The maximum Gasteiger partial charge on any atom is 0.231 e. The molecule has 2 rings (SSSR count). The molecule has 1 aromatic carbocycles. The van der Waals surface area contributed by atoms with Gasteiger partial charge in [-0.05, 0) is 25.0 Å². The van der Waals surface area contributed by atoms with E-state index >= 15 is 0 Å². The predicted octanol–water partition coefficient (Wildman–Crippen LogP) is 1.48. The SMILES string of the molecule is Cc1ccccc1N(C)C(=O)C1CCC(=O)NC1. The van der Waals surface area contributed by atoms with E-state index in [0.29, 0.717) is 19.4 Å². The summed E-state index contributed by atoms with van der Waals surface area (Å²) in [5.74, 6) is 0.00852. The summed E-state index contributed by atoms with van der Waals surface area (Å²) >= 11 is 0. The Morgan fingerprint density at radius 2 is 2.11 bits per heavy atom. The van der Waals surface area contributed by atoms with Crippen molar-refractivity contribution in [2.24, 2.45) is 5.92 Å². The molecule has 1 N–H and O–H groups in total. The van der Waals surface area contributed by atoms with Gasteiger partial charge < -0.3 is 10.2 Å². The Hall–Kier alpha value is -1.84. The van der Waals surface area contributed by atoms with Gasteiger partial charge in [0.1, 0.15) is 0 Å². The van der Waals surface area contributed by atoms with E-state index in [1.807, 2.05) is 31.2 Å². The van der Waals surface area contributed by atoms with Crippen molar-refractivity contribution in [3.05, 3.63) is 29.8 Å². The van der Waals surface area contributed by atoms with Gasteiger partial charge in [-0.3, -0.25) is 9.59 Å². The first kappa shape index (κ1) is 12.6. The van der Waals surface area contributed by atoms with Crippen LogP contribution in [0.5, 0.6) is 0 Å². The van der Waals surface area contributed by atoms with Gasteiger partial charge in [0.15, 0.2) is 0 Å². The fraction of sp³-hybridized carbons (Fsp3) is 0.429. The fourth-order valence-electron chi connectivity index (χ4n) is 2.28. The van der Waals surface area contributed by atoms with Gasteiger partial charge in [-0.2, -0.15) is 0 Å². The van der Waals surface area contributed by atoms with Crippen molar-refractivity contribution in [3.63, 3.8) is 0 Å². The molecule has 1 aromatic rings. The second kappa shape index (κ2) is 5.21. The second-order valence-corrected chi connectivity index (χ2v) is 4.72. The van der Waals surface area contributed by atoms with Gasteiger partial charge in [-0.25, -0.2) is 0 Å². The summed E-state index contributed by atoms with van der Waals surface area (Å²) in [6.45, 7) is 2.44. The normalized spacial score (nSPS) is 19.2. The molecule has 0 saturated carbocycles. The number of carbonyl (C=O) groups excluding carboxylic acids is 2. The third-order valence-corrected chi connectivity index (χ3v) is 3.42. The molecule has 0 bridgehead atoms. The smallest absolute Gasteiger partial charge is 0.231 e. The summed E-state index contributed by atoms with van der Waals surface area (Å²) in [5.41, 5.74) is 2.01. The van der Waals surface area contributed by atoms with Crippen LogP contribution < -0.4 is 10.2 Å². The van der Waals surface area contributed by atoms with Crippen LogP contribution in [0.15, 0.2) is 24.3 Å². The van der Waals surface area contributed by atoms with Gasteiger partial charge in [0.2, 0.25) is 11.8 Å². The molecule has 0 aliphatic carbocycles. The molecule has 4 heteroatoms. The van der Waals surface area contributed by atoms with Gasteiger partial charge in [0.25, 0.3) is 0 Å². The molecule has 1 aliphatic rings. The number of carbonyl (C=O) groups is 2. The van der Waals surface area contributed by atoms with Gasteiger partial charge >= 0.3 is 0 Å². The summed E-state index contributed by atoms with van der Waals surface area (Å²) < 4.78 is 0. The fourth-order valence-corrected chi connectivity index (χ4v) is 2.28. The van der Waals surface area contributed by atoms with Crippen molar-refractivity contribution in [2.75, 3.05) is 18.5 Å². The van der Waals surface area contributed by atoms with Crippen molar-refractivity contribution in [1.29, 1.82) is 0 Å². The van der Waals surface area contributed by atoms with Crippen molar-refractivity contribution in [3.8, 4) is 0 Å². The first-order valence-corrected chi connectivity index (χ1v) is 6.19. The minimum Gasteiger partial charge on any atom is -0.355 e. The molecule has 1 unspecified atom stereocenters. The number of benzene rings is 1. The van der Waals surface area contributed by atoms with Gasteiger partial charge in [0, 0.05) is 25.7 Å². The first-order valence-electron chi connectivity index (χ1n) is 6.19. The molecule has 1 saturated heterocycles. The Balaban J connectivity index is 2.09. The second-order valence-electron chi connectivity index (χ2n) is 4.72. The standard InChI is InChI=1S/C14H18N2O2/c1-10-5-3-4-6-12(10)16(2)14(18)11-7-8-13(17)15-9-11/h3-6,11H,7-9H2,1-2H3,(H,15,17). The Morgan fingerprint density at radius 3 is 2.72 bits per heavy atom. The monoisotopic (exact) mass is 246 g/mol. The van der Waals surface area contributed by atoms with E-state index in [9.17, 15) is 9.59 Å². The zero-order chi connectivity index (χ0) is 13.1. The summed E-state index contributed by atoms with van der Waals surface area (Å²) in [5, 5.41) is 2.75. The molecule has 1 fully saturated rings. The van der Waals surface area contributed by atoms with Crippen LogP contribution in [0, 0.1) is 12.8 Å². The number of nitrogens with one attached hydrogen (secondary N) is 1. The van der Waals surface area contributed by atoms with Crippen molar-refractivity contribution < 1.29 is 9.59 Å². The van der Waals surface area contributed by atoms with E-state index in [2.05, 4.69) is 5.32 Å². The van der Waals surface area contributed by atoms with Crippen molar-refractivity contribution >= 4 is 17.5 Å². The number of amides is 2. The topological polar surface area (TPSA) is 49.4 Å². The predicted molar refractivity (Wildman–Crippen MR) is 70.3 cm³/mol. The van der Waals surface area contributed by atoms with Crippen LogP contribution in [0.3, 0.4) is 0 Å². The molecule has 0 radical (unpaired) electrons. The zero-order valence-electron chi connectivity index (χ0n) is 10.8. The number of anilines is 1. The molecule has 4 nitrogen and oxygen atoms in total. The van der Waals surface area contributed by atoms with Gasteiger partial charge in [0.05, 0.1) is 5.92 Å². The number of para-hydroxylation sites is 1. The largest absolute Gasteiger partial charge is 0.355 e. The third kappa shape index (κ3) is 2.53. The number of hydrogen-bond donors (Lipinski definition) is 1. The number of piperidine rings is 1. The van der Waals surface area contributed by atoms with Crippen LogP contribution >= 0.6 is 0 Å². The first-order chi connectivity index (χ1) is 8.59. The quantitative estimate of drug-likeness (QED) is 0.859. The lowest BCUT2D eigenvalue weighted by molar-refractivity contribution is -0.127. The highest BCUT2D eigenvalue weighted by molar-refractivity contribution is 5.96. The van der Waals surface area contributed by atoms with Crippen LogP contribution in [0.25, 0.3) is 0 Å². The van der Waals surface area contributed by atoms with Crippen LogP contribution in [-0.2, 0) is 9.59 Å².